The lowest BCUT2D eigenvalue weighted by atomic mass is 10.2. The molecule has 1 aromatic heterocycles. The summed E-state index contributed by atoms with van der Waals surface area (Å²) in [4.78, 5) is 11.8. The number of nitrogens with one attached hydrogen (secondary N) is 2. The minimum Gasteiger partial charge on any atom is -0.375 e. The van der Waals surface area contributed by atoms with Crippen LogP contribution in [0.5, 0.6) is 0 Å². The molecule has 0 saturated carbocycles. The lowest BCUT2D eigenvalue weighted by Gasteiger charge is -2.15. The van der Waals surface area contributed by atoms with Crippen molar-refractivity contribution in [1.29, 1.82) is 0 Å². The molecule has 0 spiro atoms. The zero-order valence-corrected chi connectivity index (χ0v) is 12.5. The highest BCUT2D eigenvalue weighted by molar-refractivity contribution is 7.07. The van der Waals surface area contributed by atoms with E-state index in [1.54, 1.807) is 30.6 Å². The van der Waals surface area contributed by atoms with Crippen LogP contribution in [0, 0.1) is 0 Å². The van der Waals surface area contributed by atoms with E-state index in [1.807, 2.05) is 29.0 Å². The number of thiophene rings is 1. The Kier molecular flexibility index (Phi) is 5.40. The van der Waals surface area contributed by atoms with Crippen molar-refractivity contribution in [2.75, 3.05) is 19.0 Å². The van der Waals surface area contributed by atoms with E-state index in [0.29, 0.717) is 17.3 Å². The normalized spacial score (nSPS) is 11.9. The Hall–Kier alpha value is -1.56. The van der Waals surface area contributed by atoms with Crippen molar-refractivity contribution in [3.8, 4) is 0 Å². The van der Waals surface area contributed by atoms with Crippen molar-refractivity contribution in [1.82, 2.24) is 5.32 Å². The number of ether oxygens (including phenoxy) is 1. The van der Waals surface area contributed by atoms with Gasteiger partial charge in [-0.2, -0.15) is 11.3 Å². The first-order valence-electron chi connectivity index (χ1n) is 6.05. The number of methoxy groups -OCH3 is 1. The topological polar surface area (TPSA) is 50.4 Å². The van der Waals surface area contributed by atoms with Gasteiger partial charge in [-0.3, -0.25) is 0 Å². The monoisotopic (exact) mass is 310 g/mol. The first-order valence-corrected chi connectivity index (χ1v) is 7.37. The van der Waals surface area contributed by atoms with Crippen LogP contribution in [0.3, 0.4) is 0 Å². The molecular weight excluding hydrogens is 296 g/mol. The molecule has 0 radical (unpaired) electrons. The fourth-order valence-electron chi connectivity index (χ4n) is 1.71. The van der Waals surface area contributed by atoms with Gasteiger partial charge in [-0.25, -0.2) is 4.79 Å². The third kappa shape index (κ3) is 3.96. The number of amides is 2. The summed E-state index contributed by atoms with van der Waals surface area (Å²) in [5, 5.41) is 9.95. The molecule has 2 amide bonds. The molecule has 2 rings (SSSR count). The van der Waals surface area contributed by atoms with Gasteiger partial charge >= 0.3 is 6.03 Å². The van der Waals surface area contributed by atoms with Crippen molar-refractivity contribution in [3.05, 3.63) is 51.7 Å². The van der Waals surface area contributed by atoms with E-state index in [-0.39, 0.29) is 12.1 Å². The molecule has 0 unspecified atom stereocenters. The lowest BCUT2D eigenvalue weighted by Crippen LogP contribution is -2.32. The van der Waals surface area contributed by atoms with Gasteiger partial charge < -0.3 is 15.4 Å². The molecule has 2 aromatic rings. The molecule has 4 nitrogen and oxygen atoms in total. The SMILES string of the molecule is CO[C@H](CNC(=O)Nc1ccccc1Cl)c1ccsc1. The Balaban J connectivity index is 1.87. The summed E-state index contributed by atoms with van der Waals surface area (Å²) in [7, 11) is 1.62. The Bertz CT molecular complexity index is 560. The quantitative estimate of drug-likeness (QED) is 0.879. The number of para-hydroxylation sites is 1. The van der Waals surface area contributed by atoms with Crippen LogP contribution in [-0.2, 0) is 4.74 Å². The summed E-state index contributed by atoms with van der Waals surface area (Å²) in [6, 6.07) is 8.75. The first-order chi connectivity index (χ1) is 9.70. The standard InChI is InChI=1S/C14H15ClN2O2S/c1-19-13(10-6-7-20-9-10)8-16-14(18)17-12-5-3-2-4-11(12)15/h2-7,9,13H,8H2,1H3,(H2,16,17,18)/t13-/m1/s1. The van der Waals surface area contributed by atoms with Crippen molar-refractivity contribution in [2.45, 2.75) is 6.10 Å². The first kappa shape index (κ1) is 14.8. The fraction of sp³-hybridized carbons (Fsp3) is 0.214. The van der Waals surface area contributed by atoms with E-state index in [9.17, 15) is 4.79 Å². The highest BCUT2D eigenvalue weighted by Crippen LogP contribution is 2.21. The molecular formula is C14H15ClN2O2S. The summed E-state index contributed by atoms with van der Waals surface area (Å²) in [5.41, 5.74) is 1.63. The van der Waals surface area contributed by atoms with E-state index >= 15 is 0 Å². The number of carbonyl (C=O) groups excluding carboxylic acids is 1. The van der Waals surface area contributed by atoms with Crippen LogP contribution in [0.25, 0.3) is 0 Å². The molecule has 0 saturated heterocycles. The third-order valence-corrected chi connectivity index (χ3v) is 3.80. The fourth-order valence-corrected chi connectivity index (χ4v) is 2.59. The predicted octanol–water partition coefficient (Wildman–Crippen LogP) is 3.91. The zero-order valence-electron chi connectivity index (χ0n) is 10.9. The van der Waals surface area contributed by atoms with Crippen LogP contribution >= 0.6 is 22.9 Å². The van der Waals surface area contributed by atoms with Crippen molar-refractivity contribution < 1.29 is 9.53 Å². The molecule has 1 atom stereocenters. The van der Waals surface area contributed by atoms with Crippen molar-refractivity contribution in [3.63, 3.8) is 0 Å². The molecule has 0 fully saturated rings. The van der Waals surface area contributed by atoms with Crippen LogP contribution in [0.1, 0.15) is 11.7 Å². The van der Waals surface area contributed by atoms with Gasteiger partial charge in [0.25, 0.3) is 0 Å². The van der Waals surface area contributed by atoms with Gasteiger partial charge in [0, 0.05) is 13.7 Å². The second kappa shape index (κ2) is 7.28. The largest absolute Gasteiger partial charge is 0.375 e. The van der Waals surface area contributed by atoms with Crippen LogP contribution < -0.4 is 10.6 Å². The average Bonchev–Trinajstić information content (AvgIpc) is 2.96. The number of hydrogen-bond donors (Lipinski definition) is 2. The van der Waals surface area contributed by atoms with Gasteiger partial charge in [0.1, 0.15) is 6.10 Å². The summed E-state index contributed by atoms with van der Waals surface area (Å²) in [6.45, 7) is 0.392. The molecule has 1 heterocycles. The third-order valence-electron chi connectivity index (χ3n) is 2.77. The lowest BCUT2D eigenvalue weighted by molar-refractivity contribution is 0.105. The van der Waals surface area contributed by atoms with Crippen LogP contribution in [0.2, 0.25) is 5.02 Å². The van der Waals surface area contributed by atoms with Crippen LogP contribution in [0.4, 0.5) is 10.5 Å². The number of halogens is 1. The molecule has 0 bridgehead atoms. The highest BCUT2D eigenvalue weighted by Gasteiger charge is 2.12. The van der Waals surface area contributed by atoms with Crippen molar-refractivity contribution >= 4 is 34.7 Å². The smallest absolute Gasteiger partial charge is 0.319 e. The van der Waals surface area contributed by atoms with E-state index in [1.165, 1.54) is 0 Å². The van der Waals surface area contributed by atoms with Crippen LogP contribution in [-0.4, -0.2) is 19.7 Å². The molecule has 106 valence electrons. The van der Waals surface area contributed by atoms with Gasteiger partial charge in [-0.15, -0.1) is 0 Å². The number of hydrogen-bond acceptors (Lipinski definition) is 3. The number of benzene rings is 1. The number of rotatable bonds is 5. The van der Waals surface area contributed by atoms with Gasteiger partial charge in [0.05, 0.1) is 10.7 Å². The van der Waals surface area contributed by atoms with Gasteiger partial charge in [0.15, 0.2) is 0 Å². The number of anilines is 1. The van der Waals surface area contributed by atoms with Crippen LogP contribution in [0.15, 0.2) is 41.1 Å². The zero-order chi connectivity index (χ0) is 14.4. The Labute approximate surface area is 126 Å². The summed E-state index contributed by atoms with van der Waals surface area (Å²) in [6.07, 6.45) is -0.154. The van der Waals surface area contributed by atoms with E-state index in [0.717, 1.165) is 5.56 Å². The summed E-state index contributed by atoms with van der Waals surface area (Å²) < 4.78 is 5.36. The van der Waals surface area contributed by atoms with E-state index < -0.39 is 0 Å². The number of urea groups is 1. The van der Waals surface area contributed by atoms with Gasteiger partial charge in [-0.05, 0) is 34.5 Å². The predicted molar refractivity (Wildman–Crippen MR) is 82.5 cm³/mol. The second-order valence-corrected chi connectivity index (χ2v) is 5.28. The summed E-state index contributed by atoms with van der Waals surface area (Å²) in [5.74, 6) is 0. The molecule has 20 heavy (non-hydrogen) atoms. The Morgan fingerprint density at radius 3 is 2.85 bits per heavy atom. The maximum Gasteiger partial charge on any atom is 0.319 e. The minimum atomic E-state index is -0.310. The Morgan fingerprint density at radius 1 is 1.40 bits per heavy atom. The number of carbonyl (C=O) groups is 1. The highest BCUT2D eigenvalue weighted by atomic mass is 35.5. The maximum absolute atomic E-state index is 11.8. The van der Waals surface area contributed by atoms with Gasteiger partial charge in [0.2, 0.25) is 0 Å². The van der Waals surface area contributed by atoms with Crippen molar-refractivity contribution in [2.24, 2.45) is 0 Å². The second-order valence-electron chi connectivity index (χ2n) is 4.10. The molecule has 2 N–H and O–H groups in total. The molecule has 0 aliphatic carbocycles. The van der Waals surface area contributed by atoms with E-state index in [4.69, 9.17) is 16.3 Å². The maximum atomic E-state index is 11.8. The minimum absolute atomic E-state index is 0.154. The van der Waals surface area contributed by atoms with E-state index in [2.05, 4.69) is 10.6 Å². The molecule has 0 aliphatic heterocycles. The average molecular weight is 311 g/mol. The molecule has 1 aromatic carbocycles. The Morgan fingerprint density at radius 2 is 2.20 bits per heavy atom. The summed E-state index contributed by atoms with van der Waals surface area (Å²) >= 11 is 7.57. The molecule has 0 aliphatic rings. The molecule has 6 heteroatoms. The van der Waals surface area contributed by atoms with Gasteiger partial charge in [-0.1, -0.05) is 23.7 Å².